The van der Waals surface area contributed by atoms with Gasteiger partial charge >= 0.3 is 0 Å². The van der Waals surface area contributed by atoms with E-state index in [2.05, 4.69) is 11.6 Å². The van der Waals surface area contributed by atoms with E-state index >= 15 is 0 Å². The van der Waals surface area contributed by atoms with Crippen molar-refractivity contribution < 1.29 is 14.5 Å². The molecule has 0 atom stereocenters. The van der Waals surface area contributed by atoms with Gasteiger partial charge in [-0.2, -0.15) is 4.99 Å². The normalized spacial score (nSPS) is 11.5. The molecule has 132 valence electrons. The number of allylic oxidation sites excluding steroid dienone is 1. The van der Waals surface area contributed by atoms with Gasteiger partial charge in [-0.3, -0.25) is 14.9 Å². The standard InChI is InChI=1S/C18H15N3O4S/c1-3-10-20-15-9-8-14(25-2)11-16(15)26-18(20)19-17(22)12-4-6-13(7-5-12)21(23)24/h3-9,11H,1,10H2,2H3. The molecule has 0 saturated heterocycles. The lowest BCUT2D eigenvalue weighted by Gasteiger charge is -2.02. The van der Waals surface area contributed by atoms with E-state index in [0.29, 0.717) is 11.3 Å². The second-order valence-electron chi connectivity index (χ2n) is 5.34. The Labute approximate surface area is 152 Å². The minimum absolute atomic E-state index is 0.0720. The number of nitrogens with zero attached hydrogens (tertiary/aromatic N) is 3. The van der Waals surface area contributed by atoms with Gasteiger partial charge in [0.25, 0.3) is 11.6 Å². The van der Waals surface area contributed by atoms with Gasteiger partial charge in [0.2, 0.25) is 0 Å². The van der Waals surface area contributed by atoms with Crippen LogP contribution >= 0.6 is 11.3 Å². The van der Waals surface area contributed by atoms with Crippen LogP contribution in [0.25, 0.3) is 10.2 Å². The molecule has 8 heteroatoms. The largest absolute Gasteiger partial charge is 0.497 e. The Hall–Kier alpha value is -3.26. The number of hydrogen-bond donors (Lipinski definition) is 0. The van der Waals surface area contributed by atoms with Crippen LogP contribution in [0, 0.1) is 10.1 Å². The molecule has 0 N–H and O–H groups in total. The topological polar surface area (TPSA) is 86.7 Å². The van der Waals surface area contributed by atoms with Crippen LogP contribution in [0.4, 0.5) is 5.69 Å². The Morgan fingerprint density at radius 2 is 2.08 bits per heavy atom. The summed E-state index contributed by atoms with van der Waals surface area (Å²) in [5, 5.41) is 10.7. The number of rotatable bonds is 5. The maximum atomic E-state index is 12.5. The molecule has 1 heterocycles. The minimum Gasteiger partial charge on any atom is -0.497 e. The van der Waals surface area contributed by atoms with Gasteiger partial charge in [-0.1, -0.05) is 17.4 Å². The van der Waals surface area contributed by atoms with Gasteiger partial charge in [-0.05, 0) is 30.3 Å². The molecule has 7 nitrogen and oxygen atoms in total. The fourth-order valence-electron chi connectivity index (χ4n) is 2.45. The Bertz CT molecular complexity index is 1060. The first-order valence-electron chi connectivity index (χ1n) is 7.65. The average molecular weight is 369 g/mol. The van der Waals surface area contributed by atoms with Crippen molar-refractivity contribution in [3.8, 4) is 5.75 Å². The van der Waals surface area contributed by atoms with Crippen molar-refractivity contribution in [2.24, 2.45) is 4.99 Å². The molecule has 0 bridgehead atoms. The van der Waals surface area contributed by atoms with Crippen molar-refractivity contribution >= 4 is 33.1 Å². The zero-order chi connectivity index (χ0) is 18.7. The lowest BCUT2D eigenvalue weighted by Crippen LogP contribution is -2.16. The van der Waals surface area contributed by atoms with Gasteiger partial charge in [-0.25, -0.2) is 0 Å². The number of hydrogen-bond acceptors (Lipinski definition) is 5. The first-order chi connectivity index (χ1) is 12.5. The number of nitro benzene ring substituents is 1. The molecule has 0 saturated carbocycles. The summed E-state index contributed by atoms with van der Waals surface area (Å²) in [6, 6.07) is 11.0. The molecular weight excluding hydrogens is 354 g/mol. The van der Waals surface area contributed by atoms with Crippen molar-refractivity contribution in [2.45, 2.75) is 6.54 Å². The van der Waals surface area contributed by atoms with Crippen LogP contribution in [0.3, 0.4) is 0 Å². The molecule has 0 aliphatic rings. The van der Waals surface area contributed by atoms with Gasteiger partial charge in [0.15, 0.2) is 4.80 Å². The molecule has 0 spiro atoms. The highest BCUT2D eigenvalue weighted by atomic mass is 32.1. The fourth-order valence-corrected chi connectivity index (χ4v) is 3.51. The SMILES string of the molecule is C=CCn1c(=NC(=O)c2ccc([N+](=O)[O-])cc2)sc2cc(OC)ccc21. The Morgan fingerprint density at radius 3 is 2.69 bits per heavy atom. The molecule has 1 amide bonds. The maximum absolute atomic E-state index is 12.5. The fraction of sp³-hybridized carbons (Fsp3) is 0.111. The van der Waals surface area contributed by atoms with Gasteiger partial charge in [0, 0.05) is 24.2 Å². The van der Waals surface area contributed by atoms with Crippen molar-refractivity contribution in [1.82, 2.24) is 4.57 Å². The quantitative estimate of drug-likeness (QED) is 0.391. The lowest BCUT2D eigenvalue weighted by atomic mass is 10.2. The second-order valence-corrected chi connectivity index (χ2v) is 6.35. The Balaban J connectivity index is 2.07. The van der Waals surface area contributed by atoms with Crippen LogP contribution in [0.2, 0.25) is 0 Å². The van der Waals surface area contributed by atoms with E-state index in [4.69, 9.17) is 4.74 Å². The van der Waals surface area contributed by atoms with E-state index in [-0.39, 0.29) is 11.3 Å². The summed E-state index contributed by atoms with van der Waals surface area (Å²) in [6.07, 6.45) is 1.73. The summed E-state index contributed by atoms with van der Waals surface area (Å²) in [7, 11) is 1.59. The molecule has 0 fully saturated rings. The van der Waals surface area contributed by atoms with Crippen molar-refractivity contribution in [1.29, 1.82) is 0 Å². The van der Waals surface area contributed by atoms with Gasteiger partial charge in [-0.15, -0.1) is 6.58 Å². The average Bonchev–Trinajstić information content (AvgIpc) is 2.98. The number of thiazole rings is 1. The van der Waals surface area contributed by atoms with Crippen molar-refractivity contribution in [2.75, 3.05) is 7.11 Å². The molecule has 0 radical (unpaired) electrons. The summed E-state index contributed by atoms with van der Waals surface area (Å²) >= 11 is 1.36. The monoisotopic (exact) mass is 369 g/mol. The van der Waals surface area contributed by atoms with E-state index in [1.165, 1.54) is 35.6 Å². The third-order valence-corrected chi connectivity index (χ3v) is 4.77. The Morgan fingerprint density at radius 1 is 1.35 bits per heavy atom. The molecule has 0 aliphatic carbocycles. The van der Waals surface area contributed by atoms with Crippen LogP contribution in [0.5, 0.6) is 5.75 Å². The van der Waals surface area contributed by atoms with Gasteiger partial charge < -0.3 is 9.30 Å². The number of benzene rings is 2. The van der Waals surface area contributed by atoms with Crippen LogP contribution in [-0.4, -0.2) is 22.5 Å². The number of fused-ring (bicyclic) bond motifs is 1. The summed E-state index contributed by atoms with van der Waals surface area (Å²) in [5.41, 5.74) is 1.14. The Kier molecular flexibility index (Phi) is 4.94. The number of methoxy groups -OCH3 is 1. The third-order valence-electron chi connectivity index (χ3n) is 3.72. The molecule has 26 heavy (non-hydrogen) atoms. The van der Waals surface area contributed by atoms with E-state index in [9.17, 15) is 14.9 Å². The van der Waals surface area contributed by atoms with E-state index in [0.717, 1.165) is 16.0 Å². The zero-order valence-corrected chi connectivity index (χ0v) is 14.7. The van der Waals surface area contributed by atoms with Crippen LogP contribution < -0.4 is 9.54 Å². The predicted octanol–water partition coefficient (Wildman–Crippen LogP) is 3.55. The molecule has 0 aliphatic heterocycles. The summed E-state index contributed by atoms with van der Waals surface area (Å²) in [4.78, 5) is 27.4. The molecule has 3 aromatic rings. The number of carbonyl (C=O) groups is 1. The molecule has 2 aromatic carbocycles. The zero-order valence-electron chi connectivity index (χ0n) is 13.9. The summed E-state index contributed by atoms with van der Waals surface area (Å²) in [6.45, 7) is 4.25. The number of aromatic nitrogens is 1. The molecule has 1 aromatic heterocycles. The van der Waals surface area contributed by atoms with Gasteiger partial charge in [0.1, 0.15) is 5.75 Å². The van der Waals surface area contributed by atoms with Crippen molar-refractivity contribution in [3.05, 3.63) is 75.6 Å². The summed E-state index contributed by atoms with van der Waals surface area (Å²) in [5.74, 6) is 0.258. The lowest BCUT2D eigenvalue weighted by molar-refractivity contribution is -0.384. The molecule has 0 unspecified atom stereocenters. The predicted molar refractivity (Wildman–Crippen MR) is 99.6 cm³/mol. The highest BCUT2D eigenvalue weighted by molar-refractivity contribution is 7.16. The summed E-state index contributed by atoms with van der Waals surface area (Å²) < 4.78 is 8.05. The highest BCUT2D eigenvalue weighted by Crippen LogP contribution is 2.23. The smallest absolute Gasteiger partial charge is 0.279 e. The molecule has 3 rings (SSSR count). The maximum Gasteiger partial charge on any atom is 0.279 e. The second kappa shape index (κ2) is 7.32. The van der Waals surface area contributed by atoms with E-state index in [1.54, 1.807) is 13.2 Å². The van der Waals surface area contributed by atoms with Gasteiger partial charge in [0.05, 0.1) is 22.2 Å². The first-order valence-corrected chi connectivity index (χ1v) is 8.47. The van der Waals surface area contributed by atoms with E-state index < -0.39 is 10.8 Å². The van der Waals surface area contributed by atoms with Crippen LogP contribution in [0.15, 0.2) is 60.1 Å². The van der Waals surface area contributed by atoms with Crippen LogP contribution in [0.1, 0.15) is 10.4 Å². The van der Waals surface area contributed by atoms with Crippen molar-refractivity contribution in [3.63, 3.8) is 0 Å². The number of nitro groups is 1. The highest BCUT2D eigenvalue weighted by Gasteiger charge is 2.11. The van der Waals surface area contributed by atoms with E-state index in [1.807, 2.05) is 22.8 Å². The first kappa shape index (κ1) is 17.6. The number of non-ortho nitro benzene ring substituents is 1. The number of carbonyl (C=O) groups excluding carboxylic acids is 1. The molecular formula is C18H15N3O4S. The number of amides is 1. The number of ether oxygens (including phenoxy) is 1. The van der Waals surface area contributed by atoms with Crippen LogP contribution in [-0.2, 0) is 6.54 Å². The third kappa shape index (κ3) is 3.40. The minimum atomic E-state index is -0.511.